The minimum atomic E-state index is -0.334. The van der Waals surface area contributed by atoms with Gasteiger partial charge in [-0.15, -0.1) is 0 Å². The summed E-state index contributed by atoms with van der Waals surface area (Å²) in [5.41, 5.74) is 4.93. The Morgan fingerprint density at radius 2 is 1.71 bits per heavy atom. The molecule has 5 heteroatoms. The lowest BCUT2D eigenvalue weighted by Crippen LogP contribution is -2.32. The highest BCUT2D eigenvalue weighted by molar-refractivity contribution is 6.70. The van der Waals surface area contributed by atoms with Crippen LogP contribution in [0.1, 0.15) is 5.56 Å². The van der Waals surface area contributed by atoms with Crippen molar-refractivity contribution in [1.29, 1.82) is 0 Å². The van der Waals surface area contributed by atoms with E-state index in [1.807, 2.05) is 36.4 Å². The molecule has 0 aliphatic carbocycles. The number of aromatic nitrogens is 1. The van der Waals surface area contributed by atoms with Gasteiger partial charge >= 0.3 is 7.05 Å². The number of hydrogen-bond acceptors (Lipinski definition) is 4. The lowest BCUT2D eigenvalue weighted by Gasteiger charge is -2.06. The van der Waals surface area contributed by atoms with Crippen LogP contribution < -0.4 is 10.9 Å². The van der Waals surface area contributed by atoms with E-state index in [2.05, 4.69) is 33.6 Å². The molecule has 0 unspecified atom stereocenters. The normalized spacial score (nSPS) is 14.1. The van der Waals surface area contributed by atoms with Gasteiger partial charge in [0.25, 0.3) is 0 Å². The summed E-state index contributed by atoms with van der Waals surface area (Å²) >= 11 is 0. The Kier molecular flexibility index (Phi) is 2.90. The van der Waals surface area contributed by atoms with E-state index >= 15 is 0 Å². The molecular weight excluding hydrogens is 261 g/mol. The summed E-state index contributed by atoms with van der Waals surface area (Å²) in [5.74, 6) is 0.732. The van der Waals surface area contributed by atoms with Crippen molar-refractivity contribution in [3.05, 3.63) is 72.6 Å². The smallest absolute Gasteiger partial charge is 0.300 e. The highest BCUT2D eigenvalue weighted by atomic mass is 16.6. The van der Waals surface area contributed by atoms with Crippen LogP contribution in [0.15, 0.2) is 71.9 Å². The van der Waals surface area contributed by atoms with Crippen LogP contribution in [0.3, 0.4) is 0 Å². The van der Waals surface area contributed by atoms with E-state index in [0.717, 1.165) is 22.2 Å². The summed E-state index contributed by atoms with van der Waals surface area (Å²) in [7, 11) is -0.334. The fourth-order valence-electron chi connectivity index (χ4n) is 2.52. The Labute approximate surface area is 122 Å². The van der Waals surface area contributed by atoms with Gasteiger partial charge in [-0.05, 0) is 28.4 Å². The molecule has 2 heterocycles. The molecule has 0 amide bonds. The van der Waals surface area contributed by atoms with Gasteiger partial charge in [0.15, 0.2) is 0 Å². The number of fused-ring (bicyclic) bond motifs is 1. The molecule has 0 radical (unpaired) electrons. The molecule has 1 aliphatic heterocycles. The third kappa shape index (κ3) is 2.17. The van der Waals surface area contributed by atoms with E-state index in [4.69, 9.17) is 4.76 Å². The number of hydrogen-bond donors (Lipinski definition) is 1. The zero-order valence-corrected chi connectivity index (χ0v) is 11.2. The van der Waals surface area contributed by atoms with Crippen LogP contribution in [-0.4, -0.2) is 17.9 Å². The van der Waals surface area contributed by atoms with Crippen molar-refractivity contribution in [3.8, 4) is 0 Å². The Bertz CT molecular complexity index is 815. The van der Waals surface area contributed by atoms with Gasteiger partial charge in [0, 0.05) is 18.0 Å². The maximum absolute atomic E-state index is 5.64. The first-order valence-electron chi connectivity index (χ1n) is 6.79. The van der Waals surface area contributed by atoms with E-state index in [1.165, 1.54) is 5.39 Å². The van der Waals surface area contributed by atoms with Crippen LogP contribution >= 0.6 is 0 Å². The molecule has 0 saturated heterocycles. The molecule has 2 aromatic carbocycles. The van der Waals surface area contributed by atoms with E-state index in [-0.39, 0.29) is 7.05 Å². The molecular formula is C16H12BN3O. The first-order valence-corrected chi connectivity index (χ1v) is 6.79. The van der Waals surface area contributed by atoms with Crippen molar-refractivity contribution in [2.24, 2.45) is 4.90 Å². The third-order valence-corrected chi connectivity index (χ3v) is 3.56. The predicted octanol–water partition coefficient (Wildman–Crippen LogP) is 1.91. The van der Waals surface area contributed by atoms with Gasteiger partial charge in [-0.2, -0.15) is 0 Å². The molecule has 0 fully saturated rings. The molecule has 4 nitrogen and oxygen atoms in total. The van der Waals surface area contributed by atoms with Crippen LogP contribution in [0.4, 0.5) is 0 Å². The van der Waals surface area contributed by atoms with Crippen molar-refractivity contribution < 1.29 is 4.76 Å². The van der Waals surface area contributed by atoms with E-state index in [0.29, 0.717) is 0 Å². The summed E-state index contributed by atoms with van der Waals surface area (Å²) in [5, 5.41) is 2.35. The largest absolute Gasteiger partial charge is 0.497 e. The molecule has 100 valence electrons. The Morgan fingerprint density at radius 1 is 0.905 bits per heavy atom. The molecule has 3 aromatic rings. The summed E-state index contributed by atoms with van der Waals surface area (Å²) in [6.45, 7) is 0. The monoisotopic (exact) mass is 273 g/mol. The zero-order valence-electron chi connectivity index (χ0n) is 11.2. The molecule has 21 heavy (non-hydrogen) atoms. The molecule has 0 atom stereocenters. The second-order valence-corrected chi connectivity index (χ2v) is 4.85. The third-order valence-electron chi connectivity index (χ3n) is 3.56. The molecule has 0 spiro atoms. The minimum absolute atomic E-state index is 0.334. The van der Waals surface area contributed by atoms with Gasteiger partial charge in [-0.25, -0.2) is 0 Å². The standard InChI is InChI=1S/C16H12BN3O/c1-2-6-14-12(4-1)5-3-7-15(14)17-19-16(20-21-17)13-8-10-18-11-9-13/h1-11H,(H,19,20). The second-order valence-electron chi connectivity index (χ2n) is 4.85. The van der Waals surface area contributed by atoms with Crippen LogP contribution in [0.25, 0.3) is 10.8 Å². The van der Waals surface area contributed by atoms with Gasteiger partial charge in [0.1, 0.15) is 5.84 Å². The van der Waals surface area contributed by atoms with Crippen molar-refractivity contribution in [2.75, 3.05) is 0 Å². The average Bonchev–Trinajstić information content (AvgIpc) is 3.05. The van der Waals surface area contributed by atoms with Crippen molar-refractivity contribution in [2.45, 2.75) is 0 Å². The summed E-state index contributed by atoms with van der Waals surface area (Å²) in [6, 6.07) is 18.2. The van der Waals surface area contributed by atoms with Gasteiger partial charge in [0.2, 0.25) is 0 Å². The highest BCUT2D eigenvalue weighted by Gasteiger charge is 2.28. The Morgan fingerprint density at radius 3 is 2.62 bits per heavy atom. The maximum atomic E-state index is 5.64. The summed E-state index contributed by atoms with van der Waals surface area (Å²) < 4.78 is 5.64. The van der Waals surface area contributed by atoms with E-state index < -0.39 is 0 Å². The minimum Gasteiger partial charge on any atom is -0.300 e. The van der Waals surface area contributed by atoms with Gasteiger partial charge in [-0.1, -0.05) is 42.5 Å². The fraction of sp³-hybridized carbons (Fsp3) is 0. The fourth-order valence-corrected chi connectivity index (χ4v) is 2.52. The average molecular weight is 273 g/mol. The van der Waals surface area contributed by atoms with Gasteiger partial charge in [-0.3, -0.25) is 20.1 Å². The first kappa shape index (κ1) is 12.1. The molecule has 0 saturated carbocycles. The summed E-state index contributed by atoms with van der Waals surface area (Å²) in [6.07, 6.45) is 3.48. The zero-order chi connectivity index (χ0) is 14.1. The first-order chi connectivity index (χ1) is 10.4. The quantitative estimate of drug-likeness (QED) is 0.725. The van der Waals surface area contributed by atoms with E-state index in [1.54, 1.807) is 12.4 Å². The Balaban J connectivity index is 1.76. The topological polar surface area (TPSA) is 46.5 Å². The van der Waals surface area contributed by atoms with Crippen LogP contribution in [0.2, 0.25) is 0 Å². The number of nitrogens with zero attached hydrogens (tertiary/aromatic N) is 2. The summed E-state index contributed by atoms with van der Waals surface area (Å²) in [4.78, 5) is 8.65. The predicted molar refractivity (Wildman–Crippen MR) is 84.3 cm³/mol. The number of benzene rings is 2. The van der Waals surface area contributed by atoms with Crippen LogP contribution in [-0.2, 0) is 4.76 Å². The lowest BCUT2D eigenvalue weighted by atomic mass is 9.72. The lowest BCUT2D eigenvalue weighted by molar-refractivity contribution is 0.284. The maximum Gasteiger partial charge on any atom is 0.497 e. The molecule has 1 aliphatic rings. The SMILES string of the molecule is c1ccc2c(B3N=C(c4ccncc4)NO3)cccc2c1. The Hall–Kier alpha value is -2.66. The second kappa shape index (κ2) is 5.03. The number of rotatable bonds is 2. The molecule has 4 rings (SSSR count). The van der Waals surface area contributed by atoms with Crippen molar-refractivity contribution in [3.63, 3.8) is 0 Å². The van der Waals surface area contributed by atoms with E-state index in [9.17, 15) is 0 Å². The van der Waals surface area contributed by atoms with Crippen molar-refractivity contribution in [1.82, 2.24) is 10.5 Å². The number of nitrogens with one attached hydrogen (secondary N) is 1. The van der Waals surface area contributed by atoms with Crippen LogP contribution in [0, 0.1) is 0 Å². The number of pyridine rings is 1. The van der Waals surface area contributed by atoms with Gasteiger partial charge in [0.05, 0.1) is 0 Å². The van der Waals surface area contributed by atoms with Crippen LogP contribution in [0.5, 0.6) is 0 Å². The molecule has 0 bridgehead atoms. The molecule has 1 aromatic heterocycles. The molecule has 1 N–H and O–H groups in total. The number of hydroxylamine groups is 1. The van der Waals surface area contributed by atoms with Crippen molar-refractivity contribution >= 4 is 29.1 Å². The van der Waals surface area contributed by atoms with Gasteiger partial charge < -0.3 is 0 Å². The highest BCUT2D eigenvalue weighted by Crippen LogP contribution is 2.14. The number of amidine groups is 1.